The van der Waals surface area contributed by atoms with Gasteiger partial charge in [0.25, 0.3) is 0 Å². The van der Waals surface area contributed by atoms with Crippen LogP contribution in [0.15, 0.2) is 41.6 Å². The zero-order chi connectivity index (χ0) is 15.5. The van der Waals surface area contributed by atoms with Gasteiger partial charge in [0.05, 0.1) is 12.7 Å². The molecule has 5 nitrogen and oxygen atoms in total. The number of aromatic nitrogens is 2. The molecule has 0 radical (unpaired) electrons. The van der Waals surface area contributed by atoms with Crippen molar-refractivity contribution in [2.45, 2.75) is 24.9 Å². The number of aryl methyl sites for hydroxylation is 2. The molecule has 0 fully saturated rings. The van der Waals surface area contributed by atoms with Gasteiger partial charge < -0.3 is 0 Å². The van der Waals surface area contributed by atoms with Crippen LogP contribution in [0.3, 0.4) is 0 Å². The summed E-state index contributed by atoms with van der Waals surface area (Å²) in [6.45, 7) is 2.80. The molecule has 0 amide bonds. The molecule has 0 atom stereocenters. The van der Waals surface area contributed by atoms with Gasteiger partial charge >= 0.3 is 0 Å². The normalized spacial score (nSPS) is 12.0. The van der Waals surface area contributed by atoms with Crippen LogP contribution in [0.5, 0.6) is 0 Å². The molecule has 1 aromatic heterocycles. The predicted octanol–water partition coefficient (Wildman–Crippen LogP) is 2.25. The van der Waals surface area contributed by atoms with Gasteiger partial charge in [-0.05, 0) is 12.5 Å². The average Bonchev–Trinajstić information content (AvgIpc) is 2.91. The summed E-state index contributed by atoms with van der Waals surface area (Å²) in [5.74, 6) is 0.389. The van der Waals surface area contributed by atoms with Crippen LogP contribution in [0.2, 0.25) is 0 Å². The van der Waals surface area contributed by atoms with E-state index in [1.165, 1.54) is 21.4 Å². The monoisotopic (exact) mass is 327 g/mol. The Labute approximate surface area is 130 Å². The third-order valence-electron chi connectivity index (χ3n) is 3.16. The number of alkyl halides is 1. The van der Waals surface area contributed by atoms with E-state index >= 15 is 0 Å². The summed E-state index contributed by atoms with van der Waals surface area (Å²) in [6, 6.07) is 7.79. The van der Waals surface area contributed by atoms with E-state index in [1.807, 2.05) is 31.2 Å². The van der Waals surface area contributed by atoms with Crippen LogP contribution in [0.4, 0.5) is 0 Å². The fourth-order valence-electron chi connectivity index (χ4n) is 1.90. The van der Waals surface area contributed by atoms with Crippen molar-refractivity contribution in [1.29, 1.82) is 0 Å². The van der Waals surface area contributed by atoms with E-state index in [9.17, 15) is 8.42 Å². The molecular formula is C14H18ClN3O2S. The minimum absolute atomic E-state index is 0.183. The van der Waals surface area contributed by atoms with Crippen LogP contribution in [-0.2, 0) is 23.1 Å². The molecule has 1 heterocycles. The second-order valence-corrected chi connectivity index (χ2v) is 7.30. The van der Waals surface area contributed by atoms with Crippen LogP contribution in [0.25, 0.3) is 0 Å². The molecule has 21 heavy (non-hydrogen) atoms. The molecule has 7 heteroatoms. The van der Waals surface area contributed by atoms with Crippen LogP contribution in [-0.4, -0.2) is 35.4 Å². The number of benzene rings is 1. The van der Waals surface area contributed by atoms with Crippen LogP contribution in [0, 0.1) is 6.92 Å². The molecule has 2 rings (SSSR count). The number of halogens is 1. The van der Waals surface area contributed by atoms with Crippen LogP contribution >= 0.6 is 11.6 Å². The van der Waals surface area contributed by atoms with Gasteiger partial charge in [0.1, 0.15) is 4.90 Å². The van der Waals surface area contributed by atoms with E-state index in [2.05, 4.69) is 5.10 Å². The highest BCUT2D eigenvalue weighted by Gasteiger charge is 2.22. The highest BCUT2D eigenvalue weighted by atomic mass is 35.5. The lowest BCUT2D eigenvalue weighted by Crippen LogP contribution is -2.26. The first-order chi connectivity index (χ1) is 9.93. The molecule has 0 aliphatic heterocycles. The van der Waals surface area contributed by atoms with Crippen molar-refractivity contribution in [1.82, 2.24) is 14.1 Å². The maximum Gasteiger partial charge on any atom is 0.246 e. The summed E-state index contributed by atoms with van der Waals surface area (Å²) in [5.41, 5.74) is 2.09. The maximum atomic E-state index is 12.5. The number of sulfonamides is 1. The van der Waals surface area contributed by atoms with Crippen molar-refractivity contribution in [2.24, 2.45) is 0 Å². The average molecular weight is 328 g/mol. The molecule has 1 aromatic carbocycles. The first kappa shape index (κ1) is 16.0. The zero-order valence-electron chi connectivity index (χ0n) is 12.0. The largest absolute Gasteiger partial charge is 0.270 e. The SMILES string of the molecule is Cc1ccc(CN(C)S(=O)(=O)c2cnn(CCCl)c2)cc1. The number of hydrogen-bond acceptors (Lipinski definition) is 3. The summed E-state index contributed by atoms with van der Waals surface area (Å²) in [6.07, 6.45) is 2.86. The smallest absolute Gasteiger partial charge is 0.246 e. The Balaban J connectivity index is 2.15. The Hall–Kier alpha value is -1.37. The minimum atomic E-state index is -3.54. The zero-order valence-corrected chi connectivity index (χ0v) is 13.6. The fraction of sp³-hybridized carbons (Fsp3) is 0.357. The van der Waals surface area contributed by atoms with Gasteiger partial charge in [-0.1, -0.05) is 29.8 Å². The Morgan fingerprint density at radius 1 is 1.29 bits per heavy atom. The summed E-state index contributed by atoms with van der Waals surface area (Å²) in [7, 11) is -1.97. The van der Waals surface area contributed by atoms with Gasteiger partial charge in [-0.25, -0.2) is 8.42 Å². The van der Waals surface area contributed by atoms with Crippen molar-refractivity contribution in [3.63, 3.8) is 0 Å². The Morgan fingerprint density at radius 2 is 1.95 bits per heavy atom. The van der Waals surface area contributed by atoms with E-state index in [-0.39, 0.29) is 4.90 Å². The third-order valence-corrected chi connectivity index (χ3v) is 5.08. The minimum Gasteiger partial charge on any atom is -0.270 e. The summed E-state index contributed by atoms with van der Waals surface area (Å²) < 4.78 is 27.8. The van der Waals surface area contributed by atoms with Crippen molar-refractivity contribution >= 4 is 21.6 Å². The van der Waals surface area contributed by atoms with Gasteiger partial charge in [0.2, 0.25) is 10.0 Å². The van der Waals surface area contributed by atoms with Gasteiger partial charge in [-0.3, -0.25) is 4.68 Å². The molecule has 0 aliphatic rings. The number of rotatable bonds is 6. The summed E-state index contributed by atoms with van der Waals surface area (Å²) in [4.78, 5) is 0.183. The van der Waals surface area contributed by atoms with E-state index in [0.29, 0.717) is 19.0 Å². The van der Waals surface area contributed by atoms with Crippen LogP contribution in [0.1, 0.15) is 11.1 Å². The Morgan fingerprint density at radius 3 is 2.57 bits per heavy atom. The van der Waals surface area contributed by atoms with Crippen LogP contribution < -0.4 is 0 Å². The first-order valence-corrected chi connectivity index (χ1v) is 8.51. The van der Waals surface area contributed by atoms with Gasteiger partial charge in [0, 0.05) is 25.7 Å². The van der Waals surface area contributed by atoms with Gasteiger partial charge in [0.15, 0.2) is 0 Å². The van der Waals surface area contributed by atoms with Crippen molar-refractivity contribution in [2.75, 3.05) is 12.9 Å². The summed E-state index contributed by atoms with van der Waals surface area (Å²) >= 11 is 5.62. The molecule has 0 bridgehead atoms. The molecule has 0 aliphatic carbocycles. The lowest BCUT2D eigenvalue weighted by atomic mass is 10.1. The van der Waals surface area contributed by atoms with E-state index in [0.717, 1.165) is 11.1 Å². The van der Waals surface area contributed by atoms with E-state index < -0.39 is 10.0 Å². The second-order valence-electron chi connectivity index (χ2n) is 4.87. The molecular weight excluding hydrogens is 310 g/mol. The van der Waals surface area contributed by atoms with E-state index in [1.54, 1.807) is 7.05 Å². The van der Waals surface area contributed by atoms with Crippen molar-refractivity contribution in [3.05, 3.63) is 47.8 Å². The van der Waals surface area contributed by atoms with Crippen molar-refractivity contribution in [3.8, 4) is 0 Å². The molecule has 0 spiro atoms. The summed E-state index contributed by atoms with van der Waals surface area (Å²) in [5, 5.41) is 4.00. The fourth-order valence-corrected chi connectivity index (χ4v) is 3.19. The van der Waals surface area contributed by atoms with Gasteiger partial charge in [-0.15, -0.1) is 11.6 Å². The lowest BCUT2D eigenvalue weighted by Gasteiger charge is -2.16. The lowest BCUT2D eigenvalue weighted by molar-refractivity contribution is 0.466. The Bertz CT molecular complexity index is 695. The quantitative estimate of drug-likeness (QED) is 0.765. The second kappa shape index (κ2) is 6.60. The maximum absolute atomic E-state index is 12.5. The topological polar surface area (TPSA) is 55.2 Å². The molecule has 0 saturated carbocycles. The Kier molecular flexibility index (Phi) is 5.03. The molecule has 114 valence electrons. The van der Waals surface area contributed by atoms with Gasteiger partial charge in [-0.2, -0.15) is 9.40 Å². The number of nitrogens with zero attached hydrogens (tertiary/aromatic N) is 3. The van der Waals surface area contributed by atoms with E-state index in [4.69, 9.17) is 11.6 Å². The molecule has 0 saturated heterocycles. The third kappa shape index (κ3) is 3.84. The standard InChI is InChI=1S/C14H18ClN3O2S/c1-12-3-5-13(6-4-12)10-17(2)21(19,20)14-9-16-18(11-14)8-7-15/h3-6,9,11H,7-8,10H2,1-2H3. The molecule has 2 aromatic rings. The predicted molar refractivity (Wildman–Crippen MR) is 82.8 cm³/mol. The highest BCUT2D eigenvalue weighted by Crippen LogP contribution is 2.16. The molecule has 0 unspecified atom stereocenters. The van der Waals surface area contributed by atoms with Crippen molar-refractivity contribution < 1.29 is 8.42 Å². The first-order valence-electron chi connectivity index (χ1n) is 6.54. The highest BCUT2D eigenvalue weighted by molar-refractivity contribution is 7.89. The number of hydrogen-bond donors (Lipinski definition) is 0. The molecule has 0 N–H and O–H groups in total.